The smallest absolute Gasteiger partial charge is 0.143 e. The Balaban J connectivity index is 1.54. The summed E-state index contributed by atoms with van der Waals surface area (Å²) in [5, 5.41) is 0. The lowest BCUT2D eigenvalue weighted by molar-refractivity contribution is -0.0410. The molecular weight excluding hydrogens is 592 g/mol. The van der Waals surface area contributed by atoms with E-state index in [9.17, 15) is 0 Å². The van der Waals surface area contributed by atoms with E-state index in [2.05, 4.69) is 81.3 Å². The number of ether oxygens (including phenoxy) is 4. The fraction of sp³-hybridized carbons (Fsp3) is 0.314. The largest absolute Gasteiger partial charge is 0.497 e. The predicted molar refractivity (Wildman–Crippen MR) is 171 cm³/mol. The van der Waals surface area contributed by atoms with Crippen LogP contribution in [0.3, 0.4) is 0 Å². The Hall–Kier alpha value is -3.36. The van der Waals surface area contributed by atoms with Crippen molar-refractivity contribution in [2.24, 2.45) is 0 Å². The van der Waals surface area contributed by atoms with Crippen LogP contribution >= 0.6 is 15.9 Å². The molecule has 5 rings (SSSR count). The fourth-order valence-electron chi connectivity index (χ4n) is 5.44. The highest BCUT2D eigenvalue weighted by Crippen LogP contribution is 2.42. The summed E-state index contributed by atoms with van der Waals surface area (Å²) in [4.78, 5) is 4.84. The first-order valence-corrected chi connectivity index (χ1v) is 15.1. The molecule has 1 aliphatic heterocycles. The van der Waals surface area contributed by atoms with Crippen LogP contribution in [0.4, 0.5) is 0 Å². The number of likely N-dealkylation sites (N-methyl/N-ethyl adjacent to an activating group) is 1. The van der Waals surface area contributed by atoms with E-state index < -0.39 is 5.60 Å². The van der Waals surface area contributed by atoms with Crippen LogP contribution in [-0.4, -0.2) is 76.5 Å². The van der Waals surface area contributed by atoms with Crippen LogP contribution in [0.1, 0.15) is 16.7 Å². The zero-order valence-corrected chi connectivity index (χ0v) is 26.1. The lowest BCUT2D eigenvalue weighted by atomic mass is 9.80. The number of nitrogens with zero attached hydrogens (tertiary/aromatic N) is 2. The summed E-state index contributed by atoms with van der Waals surface area (Å²) in [5.74, 6) is 2.41. The van der Waals surface area contributed by atoms with Gasteiger partial charge in [0.1, 0.15) is 29.0 Å². The maximum atomic E-state index is 7.20. The third-order valence-electron chi connectivity index (χ3n) is 7.83. The lowest BCUT2D eigenvalue weighted by Gasteiger charge is -2.39. The molecule has 1 saturated heterocycles. The summed E-state index contributed by atoms with van der Waals surface area (Å²) in [6, 6.07) is 34.7. The summed E-state index contributed by atoms with van der Waals surface area (Å²) in [7, 11) is 5.54. The second kappa shape index (κ2) is 14.2. The highest BCUT2D eigenvalue weighted by molar-refractivity contribution is 9.10. The number of halogens is 1. The van der Waals surface area contributed by atoms with Gasteiger partial charge in [0.15, 0.2) is 0 Å². The van der Waals surface area contributed by atoms with E-state index in [1.807, 2.05) is 54.6 Å². The van der Waals surface area contributed by atoms with E-state index in [4.69, 9.17) is 18.9 Å². The van der Waals surface area contributed by atoms with Crippen LogP contribution < -0.4 is 14.2 Å². The lowest BCUT2D eigenvalue weighted by Crippen LogP contribution is -2.49. The molecule has 0 aromatic heterocycles. The zero-order chi connectivity index (χ0) is 29.4. The van der Waals surface area contributed by atoms with E-state index >= 15 is 0 Å². The van der Waals surface area contributed by atoms with Gasteiger partial charge >= 0.3 is 0 Å². The van der Waals surface area contributed by atoms with Crippen LogP contribution in [0, 0.1) is 0 Å². The molecule has 0 N–H and O–H groups in total. The second-order valence-corrected chi connectivity index (χ2v) is 11.5. The average Bonchev–Trinajstić information content (AvgIpc) is 3.04. The molecule has 1 heterocycles. The van der Waals surface area contributed by atoms with Crippen LogP contribution in [-0.2, 0) is 10.3 Å². The molecule has 0 bridgehead atoms. The SMILES string of the molecule is COc1ccc(C(OC[C@@H](CN2CCN(C)CC2)Oc2ccc(Br)cc2)(c2ccccc2)c2ccc(OC)cc2)cc1. The topological polar surface area (TPSA) is 43.4 Å². The minimum absolute atomic E-state index is 0.200. The molecule has 0 radical (unpaired) electrons. The molecular formula is C35H39BrN2O4. The number of hydrogen-bond acceptors (Lipinski definition) is 6. The zero-order valence-electron chi connectivity index (χ0n) is 24.5. The number of piperazine rings is 1. The third-order valence-corrected chi connectivity index (χ3v) is 8.36. The molecule has 0 aliphatic carbocycles. The van der Waals surface area contributed by atoms with E-state index in [1.165, 1.54) is 0 Å². The van der Waals surface area contributed by atoms with Crippen molar-refractivity contribution >= 4 is 15.9 Å². The minimum atomic E-state index is -0.900. The van der Waals surface area contributed by atoms with Crippen LogP contribution in [0.15, 0.2) is 108 Å². The first kappa shape index (κ1) is 30.1. The van der Waals surface area contributed by atoms with E-state index in [0.29, 0.717) is 6.61 Å². The molecule has 4 aromatic carbocycles. The maximum Gasteiger partial charge on any atom is 0.143 e. The quantitative estimate of drug-likeness (QED) is 0.167. The molecule has 1 fully saturated rings. The van der Waals surface area contributed by atoms with Crippen molar-refractivity contribution in [3.8, 4) is 17.2 Å². The van der Waals surface area contributed by atoms with Crippen molar-refractivity contribution in [1.29, 1.82) is 0 Å². The molecule has 0 saturated carbocycles. The van der Waals surface area contributed by atoms with Gasteiger partial charge in [-0.3, -0.25) is 4.90 Å². The van der Waals surface area contributed by atoms with Crippen molar-refractivity contribution in [1.82, 2.24) is 9.80 Å². The average molecular weight is 632 g/mol. The van der Waals surface area contributed by atoms with Crippen LogP contribution in [0.2, 0.25) is 0 Å². The van der Waals surface area contributed by atoms with Crippen molar-refractivity contribution in [3.05, 3.63) is 124 Å². The highest BCUT2D eigenvalue weighted by Gasteiger charge is 2.39. The molecule has 0 spiro atoms. The number of methoxy groups -OCH3 is 2. The van der Waals surface area contributed by atoms with E-state index in [-0.39, 0.29) is 6.10 Å². The number of rotatable bonds is 12. The van der Waals surface area contributed by atoms with E-state index in [0.717, 1.165) is 71.1 Å². The Morgan fingerprint density at radius 3 is 1.69 bits per heavy atom. The van der Waals surface area contributed by atoms with Gasteiger partial charge in [-0.2, -0.15) is 0 Å². The van der Waals surface area contributed by atoms with Crippen molar-refractivity contribution in [2.45, 2.75) is 11.7 Å². The molecule has 220 valence electrons. The molecule has 0 amide bonds. The standard InChI is InChI=1S/C35H39BrN2O4/c1-37-21-23-38(24-22-37)25-34(42-33-19-13-30(36)14-20-33)26-41-35(27-7-5-4-6-8-27,28-9-15-31(39-2)16-10-28)29-11-17-32(40-3)18-12-29/h4-20,34H,21-26H2,1-3H3/t34-/m1/s1. The molecule has 0 unspecified atom stereocenters. The molecule has 4 aromatic rings. The number of benzene rings is 4. The van der Waals surface area contributed by atoms with Crippen LogP contribution in [0.5, 0.6) is 17.2 Å². The molecule has 1 aliphatic rings. The second-order valence-electron chi connectivity index (χ2n) is 10.6. The van der Waals surface area contributed by atoms with Crippen molar-refractivity contribution in [3.63, 3.8) is 0 Å². The first-order valence-electron chi connectivity index (χ1n) is 14.3. The Labute approximate surface area is 257 Å². The normalized spacial score (nSPS) is 15.2. The third kappa shape index (κ3) is 7.16. The Bertz CT molecular complexity index is 1330. The monoisotopic (exact) mass is 630 g/mol. The minimum Gasteiger partial charge on any atom is -0.497 e. The predicted octanol–water partition coefficient (Wildman–Crippen LogP) is 6.47. The molecule has 42 heavy (non-hydrogen) atoms. The van der Waals surface area contributed by atoms with Gasteiger partial charge in [0, 0.05) is 37.2 Å². The fourth-order valence-corrected chi connectivity index (χ4v) is 5.70. The van der Waals surface area contributed by atoms with E-state index in [1.54, 1.807) is 14.2 Å². The summed E-state index contributed by atoms with van der Waals surface area (Å²) < 4.78 is 25.9. The van der Waals surface area contributed by atoms with Gasteiger partial charge in [0.2, 0.25) is 0 Å². The van der Waals surface area contributed by atoms with Gasteiger partial charge in [-0.25, -0.2) is 0 Å². The van der Waals surface area contributed by atoms with Crippen molar-refractivity contribution in [2.75, 3.05) is 60.6 Å². The first-order chi connectivity index (χ1) is 20.5. The van der Waals surface area contributed by atoms with Gasteiger partial charge in [-0.05, 0) is 72.3 Å². The summed E-state index contributed by atoms with van der Waals surface area (Å²) in [6.07, 6.45) is -0.200. The highest BCUT2D eigenvalue weighted by atomic mass is 79.9. The summed E-state index contributed by atoms with van der Waals surface area (Å²) in [5.41, 5.74) is 2.13. The Kier molecular flexibility index (Phi) is 10.2. The number of hydrogen-bond donors (Lipinski definition) is 0. The molecule has 6 nitrogen and oxygen atoms in total. The van der Waals surface area contributed by atoms with Gasteiger partial charge in [0.05, 0.1) is 20.8 Å². The van der Waals surface area contributed by atoms with Gasteiger partial charge in [0.25, 0.3) is 0 Å². The van der Waals surface area contributed by atoms with Gasteiger partial charge in [-0.15, -0.1) is 0 Å². The Morgan fingerprint density at radius 1 is 0.667 bits per heavy atom. The van der Waals surface area contributed by atoms with Crippen LogP contribution in [0.25, 0.3) is 0 Å². The van der Waals surface area contributed by atoms with Crippen molar-refractivity contribution < 1.29 is 18.9 Å². The molecule has 7 heteroatoms. The summed E-state index contributed by atoms with van der Waals surface area (Å²) >= 11 is 3.54. The van der Waals surface area contributed by atoms with Gasteiger partial charge in [-0.1, -0.05) is 70.5 Å². The summed E-state index contributed by atoms with van der Waals surface area (Å²) in [6.45, 7) is 5.21. The maximum absolute atomic E-state index is 7.20. The Morgan fingerprint density at radius 2 is 1.17 bits per heavy atom. The van der Waals surface area contributed by atoms with Gasteiger partial charge < -0.3 is 23.8 Å². The molecule has 1 atom stereocenters.